The number of hydrogen-bond donors (Lipinski definition) is 2. The lowest BCUT2D eigenvalue weighted by Crippen LogP contribution is -2.31. The number of hydrogen-bond acceptors (Lipinski definition) is 6. The number of nitrogens with one attached hydrogen (secondary N) is 1. The predicted molar refractivity (Wildman–Crippen MR) is 105 cm³/mol. The van der Waals surface area contributed by atoms with Gasteiger partial charge in [0.15, 0.2) is 12.1 Å². The van der Waals surface area contributed by atoms with Crippen molar-refractivity contribution in [1.82, 2.24) is 9.55 Å². The molecule has 2 aliphatic heterocycles. The first-order chi connectivity index (χ1) is 13.1. The van der Waals surface area contributed by atoms with E-state index in [4.69, 9.17) is 15.2 Å². The quantitative estimate of drug-likeness (QED) is 0.747. The molecule has 0 saturated heterocycles. The fourth-order valence-corrected chi connectivity index (χ4v) is 3.86. The first kappa shape index (κ1) is 16.0. The third-order valence-corrected chi connectivity index (χ3v) is 4.95. The highest BCUT2D eigenvalue weighted by Gasteiger charge is 2.30. The molecule has 2 atom stereocenters. The first-order valence-electron chi connectivity index (χ1n) is 9.17. The normalized spacial score (nSPS) is 20.4. The molecule has 7 heteroatoms. The summed E-state index contributed by atoms with van der Waals surface area (Å²) in [6, 6.07) is 12.1. The molecule has 0 unspecified atom stereocenters. The van der Waals surface area contributed by atoms with E-state index in [-0.39, 0.29) is 12.3 Å². The Bertz CT molecular complexity index is 1070. The highest BCUT2D eigenvalue weighted by atomic mass is 16.5. The number of nitrogens with two attached hydrogens (primary N) is 1. The topological polar surface area (TPSA) is 86.7 Å². The maximum absolute atomic E-state index is 6.07. The van der Waals surface area contributed by atoms with Crippen molar-refractivity contribution in [3.8, 4) is 11.5 Å². The Labute approximate surface area is 156 Å². The van der Waals surface area contributed by atoms with Crippen molar-refractivity contribution in [1.29, 1.82) is 0 Å². The molecule has 7 nitrogen and oxygen atoms in total. The minimum absolute atomic E-state index is 0.163. The Morgan fingerprint density at radius 2 is 2.19 bits per heavy atom. The van der Waals surface area contributed by atoms with Crippen LogP contribution in [0.25, 0.3) is 11.0 Å². The number of rotatable bonds is 3. The Balaban J connectivity index is 1.73. The lowest BCUT2D eigenvalue weighted by Gasteiger charge is -2.25. The number of nitrogens with zero attached hydrogens (tertiary/aromatic N) is 3. The van der Waals surface area contributed by atoms with Crippen LogP contribution >= 0.6 is 0 Å². The zero-order valence-corrected chi connectivity index (χ0v) is 15.3. The van der Waals surface area contributed by atoms with Crippen molar-refractivity contribution in [2.75, 3.05) is 11.9 Å². The zero-order valence-electron chi connectivity index (χ0n) is 15.3. The van der Waals surface area contributed by atoms with Crippen molar-refractivity contribution < 1.29 is 9.47 Å². The number of aliphatic imine (C=N–C) groups is 1. The molecular weight excluding hydrogens is 342 g/mol. The SMILES string of the molecule is CCOc1cc2c(cc1[C@@H]1N=C(N)Nc3nc4ccccc4n31)O[C@H](C)C2. The van der Waals surface area contributed by atoms with Gasteiger partial charge in [-0.25, -0.2) is 9.98 Å². The van der Waals surface area contributed by atoms with Crippen LogP contribution in [0.5, 0.6) is 11.5 Å². The maximum Gasteiger partial charge on any atom is 0.212 e. The van der Waals surface area contributed by atoms with Gasteiger partial charge in [-0.3, -0.25) is 9.88 Å². The van der Waals surface area contributed by atoms with Crippen LogP contribution in [0.1, 0.15) is 31.1 Å². The summed E-state index contributed by atoms with van der Waals surface area (Å²) in [5, 5.41) is 3.07. The summed E-state index contributed by atoms with van der Waals surface area (Å²) in [5.41, 5.74) is 10.0. The molecule has 0 fully saturated rings. The van der Waals surface area contributed by atoms with Gasteiger partial charge < -0.3 is 15.2 Å². The van der Waals surface area contributed by atoms with Crippen LogP contribution in [0.4, 0.5) is 5.95 Å². The van der Waals surface area contributed by atoms with Gasteiger partial charge in [0.05, 0.1) is 17.6 Å². The summed E-state index contributed by atoms with van der Waals surface area (Å²) in [7, 11) is 0. The van der Waals surface area contributed by atoms with Crippen molar-refractivity contribution in [3.63, 3.8) is 0 Å². The molecule has 0 saturated carbocycles. The second kappa shape index (κ2) is 5.90. The largest absolute Gasteiger partial charge is 0.493 e. The van der Waals surface area contributed by atoms with Gasteiger partial charge in [-0.05, 0) is 38.1 Å². The molecule has 0 bridgehead atoms. The average molecular weight is 363 g/mol. The van der Waals surface area contributed by atoms with E-state index in [0.29, 0.717) is 18.5 Å². The number of fused-ring (bicyclic) bond motifs is 4. The maximum atomic E-state index is 6.07. The molecule has 0 radical (unpaired) electrons. The van der Waals surface area contributed by atoms with Crippen LogP contribution in [0.3, 0.4) is 0 Å². The van der Waals surface area contributed by atoms with E-state index in [2.05, 4.69) is 28.3 Å². The minimum Gasteiger partial charge on any atom is -0.493 e. The third kappa shape index (κ3) is 2.50. The van der Waals surface area contributed by atoms with E-state index in [1.165, 1.54) is 0 Å². The van der Waals surface area contributed by atoms with Gasteiger partial charge in [0, 0.05) is 17.5 Å². The summed E-state index contributed by atoms with van der Waals surface area (Å²) in [4.78, 5) is 9.33. The minimum atomic E-state index is -0.375. The molecule has 5 rings (SSSR count). The van der Waals surface area contributed by atoms with E-state index in [1.807, 2.05) is 41.8 Å². The highest BCUT2D eigenvalue weighted by molar-refractivity contribution is 5.94. The fraction of sp³-hybridized carbons (Fsp3) is 0.300. The van der Waals surface area contributed by atoms with E-state index < -0.39 is 0 Å². The second-order valence-corrected chi connectivity index (χ2v) is 6.87. The smallest absolute Gasteiger partial charge is 0.212 e. The molecule has 1 aromatic heterocycles. The number of anilines is 1. The summed E-state index contributed by atoms with van der Waals surface area (Å²) in [5.74, 6) is 2.70. The predicted octanol–water partition coefficient (Wildman–Crippen LogP) is 3.05. The van der Waals surface area contributed by atoms with Gasteiger partial charge in [-0.2, -0.15) is 0 Å². The van der Waals surface area contributed by atoms with Gasteiger partial charge in [0.1, 0.15) is 17.6 Å². The molecular formula is C20H21N5O2. The molecule has 3 heterocycles. The molecule has 2 aliphatic rings. The first-order valence-corrected chi connectivity index (χ1v) is 9.17. The van der Waals surface area contributed by atoms with E-state index >= 15 is 0 Å². The zero-order chi connectivity index (χ0) is 18.5. The number of benzene rings is 2. The number of guanidine groups is 1. The molecule has 3 N–H and O–H groups in total. The molecule has 3 aromatic rings. The number of para-hydroxylation sites is 2. The summed E-state index contributed by atoms with van der Waals surface area (Å²) in [6.45, 7) is 4.63. The van der Waals surface area contributed by atoms with Gasteiger partial charge in [-0.15, -0.1) is 0 Å². The highest BCUT2D eigenvalue weighted by Crippen LogP contribution is 2.41. The third-order valence-electron chi connectivity index (χ3n) is 4.95. The van der Waals surface area contributed by atoms with Gasteiger partial charge in [0.25, 0.3) is 0 Å². The van der Waals surface area contributed by atoms with E-state index in [0.717, 1.165) is 40.1 Å². The van der Waals surface area contributed by atoms with Crippen molar-refractivity contribution in [2.45, 2.75) is 32.5 Å². The van der Waals surface area contributed by atoms with Crippen LogP contribution in [0.2, 0.25) is 0 Å². The van der Waals surface area contributed by atoms with Crippen LogP contribution in [-0.4, -0.2) is 28.2 Å². The summed E-state index contributed by atoms with van der Waals surface area (Å²) in [6.07, 6.45) is 0.669. The molecule has 0 spiro atoms. The standard InChI is InChI=1S/C20H21N5O2/c1-3-26-17-9-12-8-11(2)27-16(12)10-13(17)18-23-19(21)24-20-22-14-6-4-5-7-15(14)25(18)20/h4-7,9-11,18H,3,8H2,1-2H3,(H3,21,22,23,24)/t11-,18-/m1/s1. The van der Waals surface area contributed by atoms with E-state index in [9.17, 15) is 0 Å². The monoisotopic (exact) mass is 363 g/mol. The number of ether oxygens (including phenoxy) is 2. The van der Waals surface area contributed by atoms with Crippen LogP contribution in [-0.2, 0) is 6.42 Å². The lowest BCUT2D eigenvalue weighted by molar-refractivity contribution is 0.254. The summed E-state index contributed by atoms with van der Waals surface area (Å²) >= 11 is 0. The average Bonchev–Trinajstić information content (AvgIpc) is 3.19. The van der Waals surface area contributed by atoms with Gasteiger partial charge in [0.2, 0.25) is 5.95 Å². The molecule has 2 aromatic carbocycles. The number of aromatic nitrogens is 2. The Morgan fingerprint density at radius 3 is 3.04 bits per heavy atom. The Hall–Kier alpha value is -3.22. The van der Waals surface area contributed by atoms with Gasteiger partial charge in [-0.1, -0.05) is 12.1 Å². The molecule has 0 amide bonds. The second-order valence-electron chi connectivity index (χ2n) is 6.87. The van der Waals surface area contributed by atoms with Crippen LogP contribution in [0.15, 0.2) is 41.4 Å². The Morgan fingerprint density at radius 1 is 1.33 bits per heavy atom. The summed E-state index contributed by atoms with van der Waals surface area (Å²) < 4.78 is 14.0. The van der Waals surface area contributed by atoms with E-state index in [1.54, 1.807) is 0 Å². The molecule has 0 aliphatic carbocycles. The fourth-order valence-electron chi connectivity index (χ4n) is 3.86. The van der Waals surface area contributed by atoms with Crippen molar-refractivity contribution in [2.24, 2.45) is 10.7 Å². The van der Waals surface area contributed by atoms with Crippen LogP contribution in [0, 0.1) is 0 Å². The molecule has 138 valence electrons. The Kier molecular flexibility index (Phi) is 3.50. The van der Waals surface area contributed by atoms with Gasteiger partial charge >= 0.3 is 0 Å². The lowest BCUT2D eigenvalue weighted by atomic mass is 10.0. The van der Waals surface area contributed by atoms with Crippen molar-refractivity contribution >= 4 is 22.9 Å². The van der Waals surface area contributed by atoms with Crippen molar-refractivity contribution in [3.05, 3.63) is 47.5 Å². The van der Waals surface area contributed by atoms with Crippen LogP contribution < -0.4 is 20.5 Å². The molecule has 27 heavy (non-hydrogen) atoms. The number of imidazole rings is 1.